The summed E-state index contributed by atoms with van der Waals surface area (Å²) in [6.45, 7) is 0. The molecular formula is C12H12N4O3. The molecule has 1 N–H and O–H groups in total. The van der Waals surface area contributed by atoms with Crippen molar-refractivity contribution in [3.8, 4) is 5.88 Å². The standard InChI is InChI=1S/C12H12N4O3/c1-15-10(17)9(11(18)16(2)12(15)19)14-13-8-6-4-3-5-7-8/h3-7,17H,1-2H3. The fraction of sp³-hybridized carbons (Fsp3) is 0.167. The van der Waals surface area contributed by atoms with E-state index in [4.69, 9.17) is 0 Å². The molecule has 0 amide bonds. The van der Waals surface area contributed by atoms with E-state index in [0.29, 0.717) is 5.69 Å². The Morgan fingerprint density at radius 3 is 2.26 bits per heavy atom. The molecule has 1 aromatic heterocycles. The third-order valence-electron chi connectivity index (χ3n) is 2.63. The molecule has 0 saturated heterocycles. The van der Waals surface area contributed by atoms with Crippen molar-refractivity contribution in [2.45, 2.75) is 0 Å². The lowest BCUT2D eigenvalue weighted by molar-refractivity contribution is 0.413. The summed E-state index contributed by atoms with van der Waals surface area (Å²) in [5.41, 5.74) is -1.05. The van der Waals surface area contributed by atoms with E-state index in [1.165, 1.54) is 14.1 Å². The number of aromatic hydroxyl groups is 1. The van der Waals surface area contributed by atoms with E-state index in [-0.39, 0.29) is 5.69 Å². The Morgan fingerprint density at radius 2 is 1.63 bits per heavy atom. The van der Waals surface area contributed by atoms with Crippen LogP contribution in [-0.2, 0) is 14.1 Å². The highest BCUT2D eigenvalue weighted by molar-refractivity contribution is 5.45. The first-order valence-electron chi connectivity index (χ1n) is 5.48. The lowest BCUT2D eigenvalue weighted by Gasteiger charge is -2.05. The van der Waals surface area contributed by atoms with Gasteiger partial charge in [0.25, 0.3) is 5.56 Å². The highest BCUT2D eigenvalue weighted by Crippen LogP contribution is 2.21. The first-order chi connectivity index (χ1) is 9.02. The Hall–Kier alpha value is -2.70. The highest BCUT2D eigenvalue weighted by atomic mass is 16.3. The fourth-order valence-electron chi connectivity index (χ4n) is 1.51. The minimum Gasteiger partial charge on any atom is -0.493 e. The molecule has 7 heteroatoms. The number of nitrogens with zero attached hydrogens (tertiary/aromatic N) is 4. The van der Waals surface area contributed by atoms with Crippen LogP contribution in [0.15, 0.2) is 50.1 Å². The summed E-state index contributed by atoms with van der Waals surface area (Å²) in [6.07, 6.45) is 0. The molecule has 0 aliphatic heterocycles. The second-order valence-corrected chi connectivity index (χ2v) is 3.91. The van der Waals surface area contributed by atoms with E-state index in [1.807, 2.05) is 6.07 Å². The molecule has 0 saturated carbocycles. The van der Waals surface area contributed by atoms with Crippen LogP contribution in [0, 0.1) is 0 Å². The fourth-order valence-corrected chi connectivity index (χ4v) is 1.51. The maximum atomic E-state index is 11.8. The Kier molecular flexibility index (Phi) is 3.28. The molecule has 0 fully saturated rings. The van der Waals surface area contributed by atoms with Crippen LogP contribution in [0.3, 0.4) is 0 Å². The van der Waals surface area contributed by atoms with Gasteiger partial charge in [-0.25, -0.2) is 4.79 Å². The van der Waals surface area contributed by atoms with Crippen molar-refractivity contribution in [3.05, 3.63) is 51.2 Å². The van der Waals surface area contributed by atoms with Crippen LogP contribution in [0.2, 0.25) is 0 Å². The molecule has 1 aromatic carbocycles. The molecule has 2 rings (SSSR count). The zero-order valence-electron chi connectivity index (χ0n) is 10.4. The van der Waals surface area contributed by atoms with Gasteiger partial charge in [0, 0.05) is 14.1 Å². The molecule has 0 spiro atoms. The van der Waals surface area contributed by atoms with E-state index in [0.717, 1.165) is 9.13 Å². The van der Waals surface area contributed by atoms with Crippen LogP contribution in [0.4, 0.5) is 11.4 Å². The number of rotatable bonds is 2. The molecule has 0 atom stereocenters. The molecule has 0 aliphatic rings. The Balaban J connectivity index is 2.56. The smallest absolute Gasteiger partial charge is 0.333 e. The van der Waals surface area contributed by atoms with Crippen molar-refractivity contribution in [1.82, 2.24) is 9.13 Å². The van der Waals surface area contributed by atoms with Gasteiger partial charge in [0.2, 0.25) is 11.6 Å². The van der Waals surface area contributed by atoms with E-state index >= 15 is 0 Å². The molecule has 1 heterocycles. The zero-order chi connectivity index (χ0) is 14.0. The summed E-state index contributed by atoms with van der Waals surface area (Å²) in [5, 5.41) is 17.3. The normalized spacial score (nSPS) is 11.1. The zero-order valence-corrected chi connectivity index (χ0v) is 10.4. The molecule has 19 heavy (non-hydrogen) atoms. The van der Waals surface area contributed by atoms with E-state index in [9.17, 15) is 14.7 Å². The van der Waals surface area contributed by atoms with Crippen molar-refractivity contribution in [3.63, 3.8) is 0 Å². The van der Waals surface area contributed by atoms with Crippen LogP contribution >= 0.6 is 0 Å². The Bertz CT molecular complexity index is 744. The predicted molar refractivity (Wildman–Crippen MR) is 69.2 cm³/mol. The van der Waals surface area contributed by atoms with Gasteiger partial charge in [-0.15, -0.1) is 5.11 Å². The third kappa shape index (κ3) is 2.30. The van der Waals surface area contributed by atoms with Gasteiger partial charge in [-0.1, -0.05) is 18.2 Å². The molecule has 7 nitrogen and oxygen atoms in total. The van der Waals surface area contributed by atoms with Crippen molar-refractivity contribution in [2.75, 3.05) is 0 Å². The summed E-state index contributed by atoms with van der Waals surface area (Å²) >= 11 is 0. The largest absolute Gasteiger partial charge is 0.493 e. The highest BCUT2D eigenvalue weighted by Gasteiger charge is 2.14. The Labute approximate surface area is 108 Å². The number of hydrogen-bond donors (Lipinski definition) is 1. The van der Waals surface area contributed by atoms with Gasteiger partial charge in [0.15, 0.2) is 0 Å². The van der Waals surface area contributed by atoms with Crippen molar-refractivity contribution in [1.29, 1.82) is 0 Å². The maximum Gasteiger partial charge on any atom is 0.333 e. The summed E-state index contributed by atoms with van der Waals surface area (Å²) in [5.74, 6) is -0.507. The van der Waals surface area contributed by atoms with Crippen molar-refractivity contribution >= 4 is 11.4 Å². The second kappa shape index (κ2) is 4.89. The number of aromatic nitrogens is 2. The maximum absolute atomic E-state index is 11.8. The molecule has 2 aromatic rings. The summed E-state index contributed by atoms with van der Waals surface area (Å²) in [4.78, 5) is 23.4. The number of hydrogen-bond acceptors (Lipinski definition) is 5. The van der Waals surface area contributed by atoms with Gasteiger partial charge >= 0.3 is 5.69 Å². The molecule has 0 bridgehead atoms. The molecule has 98 valence electrons. The van der Waals surface area contributed by atoms with E-state index < -0.39 is 17.1 Å². The Morgan fingerprint density at radius 1 is 1.00 bits per heavy atom. The van der Waals surface area contributed by atoms with Crippen LogP contribution < -0.4 is 11.2 Å². The predicted octanol–water partition coefficient (Wildman–Crippen LogP) is 1.20. The van der Waals surface area contributed by atoms with Gasteiger partial charge in [0.1, 0.15) is 0 Å². The van der Waals surface area contributed by atoms with Gasteiger partial charge in [-0.2, -0.15) is 5.11 Å². The lowest BCUT2D eigenvalue weighted by atomic mass is 10.3. The quantitative estimate of drug-likeness (QED) is 0.823. The van der Waals surface area contributed by atoms with Crippen molar-refractivity contribution in [2.24, 2.45) is 24.3 Å². The minimum atomic E-state index is -0.694. The van der Waals surface area contributed by atoms with Crippen LogP contribution in [0.5, 0.6) is 5.88 Å². The topological polar surface area (TPSA) is 88.9 Å². The van der Waals surface area contributed by atoms with Crippen LogP contribution in [-0.4, -0.2) is 14.2 Å². The second-order valence-electron chi connectivity index (χ2n) is 3.91. The van der Waals surface area contributed by atoms with Gasteiger partial charge in [-0.05, 0) is 12.1 Å². The van der Waals surface area contributed by atoms with Crippen LogP contribution in [0.25, 0.3) is 0 Å². The minimum absolute atomic E-state index is 0.270. The number of azo groups is 1. The average molecular weight is 260 g/mol. The van der Waals surface area contributed by atoms with E-state index in [1.54, 1.807) is 24.3 Å². The first-order valence-corrected chi connectivity index (χ1v) is 5.48. The van der Waals surface area contributed by atoms with Gasteiger partial charge in [-0.3, -0.25) is 13.9 Å². The molecule has 0 unspecified atom stereocenters. The summed E-state index contributed by atoms with van der Waals surface area (Å²) in [7, 11) is 2.66. The van der Waals surface area contributed by atoms with Gasteiger partial charge in [0.05, 0.1) is 5.69 Å². The van der Waals surface area contributed by atoms with E-state index in [2.05, 4.69) is 10.2 Å². The van der Waals surface area contributed by atoms with Gasteiger partial charge < -0.3 is 5.11 Å². The summed E-state index contributed by atoms with van der Waals surface area (Å²) in [6, 6.07) is 8.77. The molecule has 0 aliphatic carbocycles. The van der Waals surface area contributed by atoms with Crippen LogP contribution in [0.1, 0.15) is 0 Å². The lowest BCUT2D eigenvalue weighted by Crippen LogP contribution is -2.36. The number of benzene rings is 1. The monoisotopic (exact) mass is 260 g/mol. The summed E-state index contributed by atoms with van der Waals surface area (Å²) < 4.78 is 1.79. The molecular weight excluding hydrogens is 248 g/mol. The first kappa shape index (κ1) is 12.7. The van der Waals surface area contributed by atoms with Crippen molar-refractivity contribution < 1.29 is 5.11 Å². The SMILES string of the molecule is Cn1c(O)c(N=Nc2ccccc2)c(=O)n(C)c1=O. The molecule has 0 radical (unpaired) electrons. The third-order valence-corrected chi connectivity index (χ3v) is 2.63. The average Bonchev–Trinajstić information content (AvgIpc) is 2.44.